The molecule has 0 radical (unpaired) electrons. The summed E-state index contributed by atoms with van der Waals surface area (Å²) in [7, 11) is 3.23. The third-order valence-electron chi connectivity index (χ3n) is 3.25. The molecular formula is C14H14ClN3O2S. The Morgan fingerprint density at radius 2 is 2.00 bits per heavy atom. The summed E-state index contributed by atoms with van der Waals surface area (Å²) >= 11 is 7.64. The Morgan fingerprint density at radius 3 is 2.62 bits per heavy atom. The third-order valence-corrected chi connectivity index (χ3v) is 4.25. The third kappa shape index (κ3) is 2.56. The normalized spacial score (nSPS) is 11.0. The summed E-state index contributed by atoms with van der Waals surface area (Å²) in [5.41, 5.74) is 3.63. The smallest absolute Gasteiger partial charge is 0.163 e. The van der Waals surface area contributed by atoms with Crippen molar-refractivity contribution in [2.75, 3.05) is 14.2 Å². The number of hydrogen-bond donors (Lipinski definition) is 0. The van der Waals surface area contributed by atoms with Crippen LogP contribution in [0, 0.1) is 0 Å². The molecule has 0 unspecified atom stereocenters. The second-order valence-electron chi connectivity index (χ2n) is 4.41. The van der Waals surface area contributed by atoms with Crippen molar-refractivity contribution in [1.29, 1.82) is 0 Å². The number of thiazole rings is 1. The largest absolute Gasteiger partial charge is 0.493 e. The zero-order valence-corrected chi connectivity index (χ0v) is 13.2. The highest BCUT2D eigenvalue weighted by molar-refractivity contribution is 7.09. The lowest BCUT2D eigenvalue weighted by molar-refractivity contribution is 0.355. The Kier molecular flexibility index (Phi) is 3.98. The van der Waals surface area contributed by atoms with Crippen molar-refractivity contribution in [3.05, 3.63) is 34.5 Å². The maximum atomic E-state index is 6.03. The molecule has 0 amide bonds. The molecule has 2 aromatic heterocycles. The molecule has 0 bridgehead atoms. The molecule has 5 nitrogen and oxygen atoms in total. The number of imidazole rings is 1. The summed E-state index contributed by atoms with van der Waals surface area (Å²) in [6, 6.07) is 3.80. The van der Waals surface area contributed by atoms with E-state index in [-0.39, 0.29) is 0 Å². The standard InChI is InChI=1S/C14H14ClN3O2S/c1-19-12-3-10-11(4-13(12)20-2)18(14(5-15)17-10)7-9-6-16-8-21-9/h3-4,6,8H,5,7H2,1-2H3. The summed E-state index contributed by atoms with van der Waals surface area (Å²) < 4.78 is 12.8. The number of halogens is 1. The van der Waals surface area contributed by atoms with Crippen LogP contribution in [-0.4, -0.2) is 28.8 Å². The van der Waals surface area contributed by atoms with Crippen LogP contribution in [0.15, 0.2) is 23.8 Å². The van der Waals surface area contributed by atoms with E-state index in [0.29, 0.717) is 23.9 Å². The molecule has 0 saturated heterocycles. The molecule has 2 heterocycles. The number of methoxy groups -OCH3 is 2. The summed E-state index contributed by atoms with van der Waals surface area (Å²) in [6.07, 6.45) is 1.86. The van der Waals surface area contributed by atoms with Gasteiger partial charge in [-0.25, -0.2) is 4.98 Å². The fourth-order valence-electron chi connectivity index (χ4n) is 2.26. The van der Waals surface area contributed by atoms with E-state index in [9.17, 15) is 0 Å². The Balaban J connectivity index is 2.16. The molecule has 1 aromatic carbocycles. The van der Waals surface area contributed by atoms with E-state index in [1.807, 2.05) is 23.8 Å². The number of alkyl halides is 1. The van der Waals surface area contributed by atoms with Gasteiger partial charge in [0, 0.05) is 23.2 Å². The molecule has 3 aromatic rings. The fraction of sp³-hybridized carbons (Fsp3) is 0.286. The first-order valence-corrected chi connectivity index (χ1v) is 7.72. The Labute approximate surface area is 131 Å². The molecule has 0 aliphatic rings. The first-order valence-electron chi connectivity index (χ1n) is 6.31. The van der Waals surface area contributed by atoms with Crippen molar-refractivity contribution in [3.8, 4) is 11.5 Å². The van der Waals surface area contributed by atoms with Gasteiger partial charge in [0.05, 0.1) is 43.2 Å². The molecule has 21 heavy (non-hydrogen) atoms. The van der Waals surface area contributed by atoms with Crippen molar-refractivity contribution in [3.63, 3.8) is 0 Å². The van der Waals surface area contributed by atoms with Gasteiger partial charge in [0.2, 0.25) is 0 Å². The van der Waals surface area contributed by atoms with Gasteiger partial charge in [-0.05, 0) is 0 Å². The molecule has 0 fully saturated rings. The lowest BCUT2D eigenvalue weighted by atomic mass is 10.2. The van der Waals surface area contributed by atoms with Gasteiger partial charge in [-0.3, -0.25) is 4.98 Å². The van der Waals surface area contributed by atoms with E-state index in [2.05, 4.69) is 14.5 Å². The van der Waals surface area contributed by atoms with E-state index in [1.165, 1.54) is 0 Å². The van der Waals surface area contributed by atoms with Crippen LogP contribution < -0.4 is 9.47 Å². The highest BCUT2D eigenvalue weighted by Crippen LogP contribution is 2.33. The number of nitrogens with zero attached hydrogens (tertiary/aromatic N) is 3. The van der Waals surface area contributed by atoms with Crippen molar-refractivity contribution in [2.45, 2.75) is 12.4 Å². The average molecular weight is 324 g/mol. The first-order chi connectivity index (χ1) is 10.3. The van der Waals surface area contributed by atoms with Crippen molar-refractivity contribution in [2.24, 2.45) is 0 Å². The van der Waals surface area contributed by atoms with Gasteiger partial charge >= 0.3 is 0 Å². The van der Waals surface area contributed by atoms with Crippen molar-refractivity contribution >= 4 is 34.0 Å². The van der Waals surface area contributed by atoms with Crippen LogP contribution in [0.3, 0.4) is 0 Å². The Bertz CT molecular complexity index is 755. The molecule has 0 spiro atoms. The van der Waals surface area contributed by atoms with Crippen LogP contribution in [0.5, 0.6) is 11.5 Å². The summed E-state index contributed by atoms with van der Waals surface area (Å²) in [5, 5.41) is 0. The van der Waals surface area contributed by atoms with Crippen LogP contribution in [-0.2, 0) is 12.4 Å². The Morgan fingerprint density at radius 1 is 1.24 bits per heavy atom. The number of rotatable bonds is 5. The SMILES string of the molecule is COc1cc2nc(CCl)n(Cc3cncs3)c2cc1OC. The van der Waals surface area contributed by atoms with Crippen LogP contribution in [0.4, 0.5) is 0 Å². The van der Waals surface area contributed by atoms with E-state index >= 15 is 0 Å². The molecular weight excluding hydrogens is 310 g/mol. The van der Waals surface area contributed by atoms with Gasteiger partial charge in [0.1, 0.15) is 5.82 Å². The summed E-state index contributed by atoms with van der Waals surface area (Å²) in [6.45, 7) is 0.693. The van der Waals surface area contributed by atoms with Gasteiger partial charge in [-0.15, -0.1) is 22.9 Å². The van der Waals surface area contributed by atoms with E-state index in [0.717, 1.165) is 21.7 Å². The molecule has 0 atom stereocenters. The van der Waals surface area contributed by atoms with E-state index < -0.39 is 0 Å². The maximum absolute atomic E-state index is 6.03. The van der Waals surface area contributed by atoms with Crippen LogP contribution in [0.1, 0.15) is 10.7 Å². The van der Waals surface area contributed by atoms with Crippen molar-refractivity contribution in [1.82, 2.24) is 14.5 Å². The molecule has 110 valence electrons. The first kappa shape index (κ1) is 14.2. The number of hydrogen-bond acceptors (Lipinski definition) is 5. The van der Waals surface area contributed by atoms with Gasteiger partial charge in [-0.2, -0.15) is 0 Å². The van der Waals surface area contributed by atoms with Crippen LogP contribution in [0.25, 0.3) is 11.0 Å². The van der Waals surface area contributed by atoms with E-state index in [1.54, 1.807) is 25.6 Å². The number of aromatic nitrogens is 3. The Hall–Kier alpha value is -1.79. The van der Waals surface area contributed by atoms with Crippen LogP contribution in [0.2, 0.25) is 0 Å². The molecule has 3 rings (SSSR count). The highest BCUT2D eigenvalue weighted by Gasteiger charge is 2.15. The number of ether oxygens (including phenoxy) is 2. The molecule has 0 saturated carbocycles. The van der Waals surface area contributed by atoms with Crippen molar-refractivity contribution < 1.29 is 9.47 Å². The second kappa shape index (κ2) is 5.91. The molecule has 0 aliphatic carbocycles. The topological polar surface area (TPSA) is 49.2 Å². The molecule has 7 heteroatoms. The predicted molar refractivity (Wildman–Crippen MR) is 83.6 cm³/mol. The second-order valence-corrected chi connectivity index (χ2v) is 5.65. The average Bonchev–Trinajstić information content (AvgIpc) is 3.14. The number of benzene rings is 1. The fourth-order valence-corrected chi connectivity index (χ4v) is 3.04. The summed E-state index contributed by atoms with van der Waals surface area (Å²) in [5.74, 6) is 2.50. The minimum absolute atomic E-state index is 0.345. The predicted octanol–water partition coefficient (Wildman–Crippen LogP) is 3.30. The summed E-state index contributed by atoms with van der Waals surface area (Å²) in [4.78, 5) is 9.83. The molecule has 0 N–H and O–H groups in total. The minimum Gasteiger partial charge on any atom is -0.493 e. The van der Waals surface area contributed by atoms with Crippen LogP contribution >= 0.6 is 22.9 Å². The van der Waals surface area contributed by atoms with Gasteiger partial charge in [0.25, 0.3) is 0 Å². The van der Waals surface area contributed by atoms with Gasteiger partial charge in [0.15, 0.2) is 11.5 Å². The zero-order valence-electron chi connectivity index (χ0n) is 11.7. The van der Waals surface area contributed by atoms with Gasteiger partial charge in [-0.1, -0.05) is 0 Å². The molecule has 0 aliphatic heterocycles. The highest BCUT2D eigenvalue weighted by atomic mass is 35.5. The zero-order chi connectivity index (χ0) is 14.8. The lowest BCUT2D eigenvalue weighted by Gasteiger charge is -2.09. The monoisotopic (exact) mass is 323 g/mol. The van der Waals surface area contributed by atoms with Gasteiger partial charge < -0.3 is 14.0 Å². The minimum atomic E-state index is 0.345. The quantitative estimate of drug-likeness (QED) is 0.676. The number of fused-ring (bicyclic) bond motifs is 1. The lowest BCUT2D eigenvalue weighted by Crippen LogP contribution is -2.02. The van der Waals surface area contributed by atoms with E-state index in [4.69, 9.17) is 21.1 Å². The maximum Gasteiger partial charge on any atom is 0.163 e.